The van der Waals surface area contributed by atoms with Crippen LogP contribution in [0.3, 0.4) is 0 Å². The van der Waals surface area contributed by atoms with Crippen molar-refractivity contribution >= 4 is 11.8 Å². The summed E-state index contributed by atoms with van der Waals surface area (Å²) in [5.74, 6) is -1.61. The van der Waals surface area contributed by atoms with Crippen molar-refractivity contribution in [3.63, 3.8) is 0 Å². The lowest BCUT2D eigenvalue weighted by atomic mass is 10.1. The van der Waals surface area contributed by atoms with E-state index >= 15 is 0 Å². The Balaban J connectivity index is 1.80. The predicted molar refractivity (Wildman–Crippen MR) is 88.6 cm³/mol. The molecule has 4 N–H and O–H groups in total. The molecule has 2 amide bonds. The average molecular weight is 328 g/mol. The number of carbonyl (C=O) groups excluding carboxylic acids is 2. The third kappa shape index (κ3) is 5.19. The van der Waals surface area contributed by atoms with Gasteiger partial charge in [0.25, 0.3) is 11.8 Å². The Hall–Kier alpha value is -2.70. The van der Waals surface area contributed by atoms with Crippen LogP contribution in [0.2, 0.25) is 0 Å². The van der Waals surface area contributed by atoms with E-state index in [-0.39, 0.29) is 13.1 Å². The van der Waals surface area contributed by atoms with Crippen molar-refractivity contribution in [2.75, 3.05) is 0 Å². The highest BCUT2D eigenvalue weighted by molar-refractivity contribution is 5.90. The molecule has 0 spiro atoms. The van der Waals surface area contributed by atoms with Crippen molar-refractivity contribution in [2.45, 2.75) is 25.3 Å². The third-order valence-corrected chi connectivity index (χ3v) is 3.46. The van der Waals surface area contributed by atoms with Gasteiger partial charge < -0.3 is 20.8 Å². The number of hydrogen-bond donors (Lipinski definition) is 4. The molecular formula is C18H20N2O4. The average Bonchev–Trinajstić information content (AvgIpc) is 2.64. The highest BCUT2D eigenvalue weighted by Gasteiger charge is 2.29. The van der Waals surface area contributed by atoms with E-state index in [1.807, 2.05) is 60.7 Å². The minimum Gasteiger partial charge on any atom is -0.380 e. The molecule has 0 saturated carbocycles. The maximum atomic E-state index is 11.8. The van der Waals surface area contributed by atoms with Gasteiger partial charge in [-0.3, -0.25) is 9.59 Å². The van der Waals surface area contributed by atoms with Crippen molar-refractivity contribution in [1.82, 2.24) is 10.6 Å². The molecule has 0 heterocycles. The number of carbonyl (C=O) groups is 2. The Bertz CT molecular complexity index is 602. The molecule has 6 heteroatoms. The Morgan fingerprint density at radius 3 is 1.38 bits per heavy atom. The second-order valence-corrected chi connectivity index (χ2v) is 5.30. The molecule has 126 valence electrons. The fraction of sp³-hybridized carbons (Fsp3) is 0.222. The molecule has 2 aromatic rings. The van der Waals surface area contributed by atoms with Gasteiger partial charge in [-0.15, -0.1) is 0 Å². The summed E-state index contributed by atoms with van der Waals surface area (Å²) in [5, 5.41) is 24.6. The first-order valence-electron chi connectivity index (χ1n) is 7.57. The maximum absolute atomic E-state index is 11.8. The molecule has 0 aliphatic rings. The highest BCUT2D eigenvalue weighted by atomic mass is 16.3. The molecule has 0 bridgehead atoms. The summed E-state index contributed by atoms with van der Waals surface area (Å²) in [6.07, 6.45) is -3.66. The van der Waals surface area contributed by atoms with Crippen LogP contribution in [-0.4, -0.2) is 34.2 Å². The van der Waals surface area contributed by atoms with E-state index < -0.39 is 24.0 Å². The van der Waals surface area contributed by atoms with Crippen molar-refractivity contribution in [3.8, 4) is 0 Å². The van der Waals surface area contributed by atoms with Gasteiger partial charge in [0.15, 0.2) is 12.2 Å². The monoisotopic (exact) mass is 328 g/mol. The van der Waals surface area contributed by atoms with Crippen LogP contribution in [0.25, 0.3) is 0 Å². The predicted octanol–water partition coefficient (Wildman–Crippen LogP) is 0.341. The van der Waals surface area contributed by atoms with Crippen LogP contribution in [0.4, 0.5) is 0 Å². The van der Waals surface area contributed by atoms with Gasteiger partial charge in [-0.2, -0.15) is 0 Å². The SMILES string of the molecule is O=C(NCc1ccccc1)C(O)C(O)C(=O)NCc1ccccc1. The molecule has 2 aromatic carbocycles. The lowest BCUT2D eigenvalue weighted by molar-refractivity contribution is -0.146. The van der Waals surface area contributed by atoms with Crippen LogP contribution in [0.5, 0.6) is 0 Å². The minimum atomic E-state index is -1.83. The first kappa shape index (κ1) is 17.7. The molecule has 2 rings (SSSR count). The van der Waals surface area contributed by atoms with Crippen molar-refractivity contribution in [1.29, 1.82) is 0 Å². The lowest BCUT2D eigenvalue weighted by Crippen LogP contribution is -2.49. The Labute approximate surface area is 140 Å². The summed E-state index contributed by atoms with van der Waals surface area (Å²) in [7, 11) is 0. The zero-order valence-electron chi connectivity index (χ0n) is 13.1. The second kappa shape index (κ2) is 8.81. The van der Waals surface area contributed by atoms with E-state index in [2.05, 4.69) is 10.6 Å². The van der Waals surface area contributed by atoms with Crippen LogP contribution in [0.1, 0.15) is 11.1 Å². The normalized spacial score (nSPS) is 12.9. The molecule has 0 saturated heterocycles. The van der Waals surface area contributed by atoms with Gasteiger partial charge in [0.05, 0.1) is 0 Å². The fourth-order valence-corrected chi connectivity index (χ4v) is 2.07. The molecule has 2 unspecified atom stereocenters. The minimum absolute atomic E-state index is 0.203. The van der Waals surface area contributed by atoms with Gasteiger partial charge in [0, 0.05) is 13.1 Å². The first-order chi connectivity index (χ1) is 11.6. The molecule has 0 fully saturated rings. The van der Waals surface area contributed by atoms with Crippen molar-refractivity contribution in [3.05, 3.63) is 71.8 Å². The third-order valence-electron chi connectivity index (χ3n) is 3.46. The number of aliphatic hydroxyl groups excluding tert-OH is 2. The van der Waals surface area contributed by atoms with Gasteiger partial charge in [-0.1, -0.05) is 60.7 Å². The van der Waals surface area contributed by atoms with E-state index in [1.165, 1.54) is 0 Å². The fourth-order valence-electron chi connectivity index (χ4n) is 2.07. The summed E-state index contributed by atoms with van der Waals surface area (Å²) in [6.45, 7) is 0.407. The molecule has 2 atom stereocenters. The van der Waals surface area contributed by atoms with Gasteiger partial charge in [0.1, 0.15) is 0 Å². The van der Waals surface area contributed by atoms with Crippen LogP contribution in [0, 0.1) is 0 Å². The molecule has 0 aliphatic carbocycles. The van der Waals surface area contributed by atoms with Crippen molar-refractivity contribution in [2.24, 2.45) is 0 Å². The topological polar surface area (TPSA) is 98.7 Å². The van der Waals surface area contributed by atoms with E-state index in [0.29, 0.717) is 0 Å². The Morgan fingerprint density at radius 1 is 0.708 bits per heavy atom. The quantitative estimate of drug-likeness (QED) is 0.589. The zero-order chi connectivity index (χ0) is 17.4. The maximum Gasteiger partial charge on any atom is 0.252 e. The number of nitrogens with one attached hydrogen (secondary N) is 2. The number of rotatable bonds is 7. The van der Waals surface area contributed by atoms with Crippen molar-refractivity contribution < 1.29 is 19.8 Å². The summed E-state index contributed by atoms with van der Waals surface area (Å²) >= 11 is 0. The van der Waals surface area contributed by atoms with Crippen LogP contribution >= 0.6 is 0 Å². The van der Waals surface area contributed by atoms with Crippen LogP contribution < -0.4 is 10.6 Å². The summed E-state index contributed by atoms with van der Waals surface area (Å²) in [4.78, 5) is 23.7. The van der Waals surface area contributed by atoms with Gasteiger partial charge >= 0.3 is 0 Å². The molecule has 0 aromatic heterocycles. The number of benzene rings is 2. The van der Waals surface area contributed by atoms with E-state index in [4.69, 9.17) is 0 Å². The smallest absolute Gasteiger partial charge is 0.252 e. The lowest BCUT2D eigenvalue weighted by Gasteiger charge is -2.17. The molecule has 24 heavy (non-hydrogen) atoms. The van der Waals surface area contributed by atoms with Gasteiger partial charge in [0.2, 0.25) is 0 Å². The standard InChI is InChI=1S/C18H20N2O4/c21-15(17(23)19-11-13-7-3-1-4-8-13)16(22)18(24)20-12-14-9-5-2-6-10-14/h1-10,15-16,21-22H,11-12H2,(H,19,23)(H,20,24). The van der Waals surface area contributed by atoms with Crippen LogP contribution in [-0.2, 0) is 22.7 Å². The highest BCUT2D eigenvalue weighted by Crippen LogP contribution is 2.01. The van der Waals surface area contributed by atoms with Crippen LogP contribution in [0.15, 0.2) is 60.7 Å². The summed E-state index contributed by atoms with van der Waals surface area (Å²) < 4.78 is 0. The first-order valence-corrected chi connectivity index (χ1v) is 7.57. The van der Waals surface area contributed by atoms with Gasteiger partial charge in [-0.05, 0) is 11.1 Å². The van der Waals surface area contributed by atoms with Gasteiger partial charge in [-0.25, -0.2) is 0 Å². The van der Waals surface area contributed by atoms with E-state index in [1.54, 1.807) is 0 Å². The zero-order valence-corrected chi connectivity index (χ0v) is 13.1. The Morgan fingerprint density at radius 2 is 1.04 bits per heavy atom. The largest absolute Gasteiger partial charge is 0.380 e. The number of hydrogen-bond acceptors (Lipinski definition) is 4. The molecule has 6 nitrogen and oxygen atoms in total. The molecule has 0 aliphatic heterocycles. The molecule has 0 radical (unpaired) electrons. The number of amides is 2. The molecular weight excluding hydrogens is 308 g/mol. The number of aliphatic hydroxyl groups is 2. The summed E-state index contributed by atoms with van der Waals surface area (Å²) in [5.41, 5.74) is 1.70. The van der Waals surface area contributed by atoms with E-state index in [0.717, 1.165) is 11.1 Å². The second-order valence-electron chi connectivity index (χ2n) is 5.30. The Kier molecular flexibility index (Phi) is 6.48. The summed E-state index contributed by atoms with van der Waals surface area (Å²) in [6, 6.07) is 18.2. The van der Waals surface area contributed by atoms with E-state index in [9.17, 15) is 19.8 Å².